The van der Waals surface area contributed by atoms with Crippen LogP contribution in [-0.4, -0.2) is 43.3 Å². The van der Waals surface area contributed by atoms with E-state index in [-0.39, 0.29) is 6.54 Å². The van der Waals surface area contributed by atoms with Gasteiger partial charge in [-0.3, -0.25) is 18.7 Å². The molecule has 2 heterocycles. The number of nitrogens with zero attached hydrogens (tertiary/aromatic N) is 1. The summed E-state index contributed by atoms with van der Waals surface area (Å²) in [5.41, 5.74) is -0.0208. The average Bonchev–Trinajstić information content (AvgIpc) is 2.61. The summed E-state index contributed by atoms with van der Waals surface area (Å²) < 4.78 is 30.8. The van der Waals surface area contributed by atoms with E-state index < -0.39 is 33.8 Å². The summed E-state index contributed by atoms with van der Waals surface area (Å²) in [5.74, 6) is -0.837. The summed E-state index contributed by atoms with van der Waals surface area (Å²) in [7, 11) is -3.88. The zero-order chi connectivity index (χ0) is 16.1. The highest BCUT2D eigenvalue weighted by Crippen LogP contribution is 2.27. The topological polar surface area (TPSA) is 92.8 Å². The molecule has 0 bridgehead atoms. The molecule has 1 atom stereocenters. The van der Waals surface area contributed by atoms with Crippen molar-refractivity contribution in [3.63, 3.8) is 0 Å². The van der Waals surface area contributed by atoms with Crippen molar-refractivity contribution in [3.05, 3.63) is 35.4 Å². The predicted octanol–water partition coefficient (Wildman–Crippen LogP) is 0.685. The predicted molar refractivity (Wildman–Crippen MR) is 77.4 cm³/mol. The van der Waals surface area contributed by atoms with E-state index in [4.69, 9.17) is 4.18 Å². The molecule has 0 spiro atoms. The van der Waals surface area contributed by atoms with Crippen LogP contribution in [0.15, 0.2) is 24.3 Å². The number of amides is 2. The largest absolute Gasteiger partial charge is 0.336 e. The molecule has 118 valence electrons. The molecule has 0 aromatic heterocycles. The number of rotatable bonds is 2. The molecule has 1 aromatic carbocycles. The van der Waals surface area contributed by atoms with E-state index in [0.717, 1.165) is 4.90 Å². The smallest absolute Gasteiger partial charge is 0.272 e. The number of fused-ring (bicyclic) bond motifs is 1. The molecule has 0 saturated carbocycles. The van der Waals surface area contributed by atoms with Gasteiger partial charge in [-0.05, 0) is 32.4 Å². The maximum Gasteiger partial charge on any atom is 0.336 e. The molecule has 1 saturated heterocycles. The normalized spacial score (nSPS) is 26.1. The fraction of sp³-hybridized carbons (Fsp3) is 0.429. The Morgan fingerprint density at radius 3 is 2.27 bits per heavy atom. The molecule has 1 N–H and O–H groups in total. The van der Waals surface area contributed by atoms with Crippen LogP contribution in [0, 0.1) is 0 Å². The van der Waals surface area contributed by atoms with Gasteiger partial charge < -0.3 is 0 Å². The van der Waals surface area contributed by atoms with E-state index in [2.05, 4.69) is 4.72 Å². The molecule has 22 heavy (non-hydrogen) atoms. The van der Waals surface area contributed by atoms with Gasteiger partial charge >= 0.3 is 10.3 Å². The molecule has 2 aliphatic rings. The van der Waals surface area contributed by atoms with Crippen LogP contribution < -0.4 is 4.72 Å². The first kappa shape index (κ1) is 15.1. The highest BCUT2D eigenvalue weighted by molar-refractivity contribution is 7.84. The van der Waals surface area contributed by atoms with Gasteiger partial charge in [0.2, 0.25) is 0 Å². The highest BCUT2D eigenvalue weighted by atomic mass is 32.2. The number of imide groups is 1. The summed E-state index contributed by atoms with van der Waals surface area (Å²) in [6, 6.07) is 6.53. The number of hydrogen-bond acceptors (Lipinski definition) is 5. The minimum Gasteiger partial charge on any atom is -0.272 e. The van der Waals surface area contributed by atoms with Crippen LogP contribution in [-0.2, 0) is 14.5 Å². The minimum absolute atomic E-state index is 0.0866. The zero-order valence-electron chi connectivity index (χ0n) is 12.2. The van der Waals surface area contributed by atoms with E-state index in [0.29, 0.717) is 17.5 Å². The van der Waals surface area contributed by atoms with Gasteiger partial charge in [-0.25, -0.2) is 0 Å². The molecule has 0 aliphatic carbocycles. The quantitative estimate of drug-likeness (QED) is 0.808. The Hall–Kier alpha value is -1.77. The lowest BCUT2D eigenvalue weighted by Crippen LogP contribution is -2.55. The Balaban J connectivity index is 1.83. The molecule has 2 aliphatic heterocycles. The van der Waals surface area contributed by atoms with Gasteiger partial charge in [-0.15, -0.1) is 0 Å². The Bertz CT molecular complexity index is 721. The van der Waals surface area contributed by atoms with Crippen LogP contribution >= 0.6 is 0 Å². The van der Waals surface area contributed by atoms with E-state index >= 15 is 0 Å². The summed E-state index contributed by atoms with van der Waals surface area (Å²) in [6.45, 7) is 3.36. The maximum atomic E-state index is 12.3. The second-order valence-electron chi connectivity index (χ2n) is 6.13. The van der Waals surface area contributed by atoms with E-state index in [1.165, 1.54) is 0 Å². The van der Waals surface area contributed by atoms with E-state index in [9.17, 15) is 18.0 Å². The first-order valence-corrected chi connectivity index (χ1v) is 8.27. The van der Waals surface area contributed by atoms with Gasteiger partial charge in [-0.2, -0.15) is 13.1 Å². The highest BCUT2D eigenvalue weighted by Gasteiger charge is 2.42. The van der Waals surface area contributed by atoms with Crippen LogP contribution in [0.3, 0.4) is 0 Å². The van der Waals surface area contributed by atoms with Crippen LogP contribution in [0.2, 0.25) is 0 Å². The first-order chi connectivity index (χ1) is 10.2. The lowest BCUT2D eigenvalue weighted by atomic mass is 9.98. The van der Waals surface area contributed by atoms with Crippen molar-refractivity contribution in [2.24, 2.45) is 0 Å². The van der Waals surface area contributed by atoms with Crippen molar-refractivity contribution in [1.29, 1.82) is 0 Å². The van der Waals surface area contributed by atoms with E-state index in [1.807, 2.05) is 0 Å². The van der Waals surface area contributed by atoms with Crippen molar-refractivity contribution in [3.8, 4) is 0 Å². The SMILES string of the molecule is CC1(C)CC(CN2C(=O)c3ccccc3C2=O)OS(=O)(=O)N1. The standard InChI is InChI=1S/C14H16N2O5S/c1-14(2)7-9(21-22(19,20)15-14)8-16-12(17)10-5-3-4-6-11(10)13(16)18/h3-6,9,15H,7-8H2,1-2H3. The summed E-state index contributed by atoms with van der Waals surface area (Å²) in [6.07, 6.45) is -0.400. The lowest BCUT2D eigenvalue weighted by molar-refractivity contribution is 0.0507. The number of carbonyl (C=O) groups is 2. The molecular formula is C14H16N2O5S. The number of nitrogens with one attached hydrogen (secondary N) is 1. The van der Waals surface area contributed by atoms with Crippen molar-refractivity contribution in [2.45, 2.75) is 31.9 Å². The molecule has 8 heteroatoms. The van der Waals surface area contributed by atoms with Gasteiger partial charge in [0.05, 0.1) is 23.8 Å². The second kappa shape index (κ2) is 4.87. The molecule has 0 radical (unpaired) electrons. The third-order valence-corrected chi connectivity index (χ3v) is 4.99. The summed E-state index contributed by atoms with van der Waals surface area (Å²) in [4.78, 5) is 25.6. The van der Waals surface area contributed by atoms with Gasteiger partial charge in [0, 0.05) is 5.54 Å². The van der Waals surface area contributed by atoms with Crippen LogP contribution in [0.1, 0.15) is 41.0 Å². The molecule has 1 unspecified atom stereocenters. The third-order valence-electron chi connectivity index (χ3n) is 3.67. The lowest BCUT2D eigenvalue weighted by Gasteiger charge is -2.36. The fourth-order valence-corrected chi connectivity index (χ4v) is 4.19. The van der Waals surface area contributed by atoms with Crippen LogP contribution in [0.5, 0.6) is 0 Å². The molecule has 3 rings (SSSR count). The number of hydrogen-bond donors (Lipinski definition) is 1. The molecule has 7 nitrogen and oxygen atoms in total. The van der Waals surface area contributed by atoms with Crippen molar-refractivity contribution >= 4 is 22.1 Å². The fourth-order valence-electron chi connectivity index (χ4n) is 2.89. The van der Waals surface area contributed by atoms with E-state index in [1.54, 1.807) is 38.1 Å². The Morgan fingerprint density at radius 2 is 1.77 bits per heavy atom. The monoisotopic (exact) mass is 324 g/mol. The molecular weight excluding hydrogens is 308 g/mol. The average molecular weight is 324 g/mol. The van der Waals surface area contributed by atoms with Crippen molar-refractivity contribution in [1.82, 2.24) is 9.62 Å². The summed E-state index contributed by atoms with van der Waals surface area (Å²) in [5, 5.41) is 0. The molecule has 1 aromatic rings. The Morgan fingerprint density at radius 1 is 1.23 bits per heavy atom. The van der Waals surface area contributed by atoms with Crippen molar-refractivity contribution in [2.75, 3.05) is 6.54 Å². The van der Waals surface area contributed by atoms with Crippen molar-refractivity contribution < 1.29 is 22.2 Å². The van der Waals surface area contributed by atoms with Crippen LogP contribution in [0.4, 0.5) is 0 Å². The second-order valence-corrected chi connectivity index (χ2v) is 7.43. The molecule has 2 amide bonds. The first-order valence-electron chi connectivity index (χ1n) is 6.86. The third kappa shape index (κ3) is 2.65. The summed E-state index contributed by atoms with van der Waals surface area (Å²) >= 11 is 0. The number of benzene rings is 1. The molecule has 1 fully saturated rings. The Kier molecular flexibility index (Phi) is 3.35. The maximum absolute atomic E-state index is 12.3. The van der Waals surface area contributed by atoms with Gasteiger partial charge in [0.25, 0.3) is 11.8 Å². The Labute approximate surface area is 128 Å². The van der Waals surface area contributed by atoms with Gasteiger partial charge in [0.15, 0.2) is 0 Å². The zero-order valence-corrected chi connectivity index (χ0v) is 13.0. The number of carbonyl (C=O) groups excluding carboxylic acids is 2. The van der Waals surface area contributed by atoms with Crippen LogP contribution in [0.25, 0.3) is 0 Å². The van der Waals surface area contributed by atoms with Gasteiger partial charge in [0.1, 0.15) is 0 Å². The minimum atomic E-state index is -3.88. The van der Waals surface area contributed by atoms with Gasteiger partial charge in [-0.1, -0.05) is 12.1 Å².